The number of hydrogen-bond donors (Lipinski definition) is 2. The number of fused-ring (bicyclic) bond motifs is 1. The number of carbonyl (C=O) groups is 2. The Bertz CT molecular complexity index is 1630. The summed E-state index contributed by atoms with van der Waals surface area (Å²) in [4.78, 5) is 35.5. The molecule has 12 heteroatoms. The molecule has 10 nitrogen and oxygen atoms in total. The highest BCUT2D eigenvalue weighted by Crippen LogP contribution is 2.49. The number of aliphatic carboxylic acids is 1. The van der Waals surface area contributed by atoms with Crippen LogP contribution in [-0.2, 0) is 27.5 Å². The Labute approximate surface area is 245 Å². The van der Waals surface area contributed by atoms with Crippen LogP contribution in [0.1, 0.15) is 58.2 Å². The van der Waals surface area contributed by atoms with Gasteiger partial charge in [-0.3, -0.25) is 9.38 Å². The molecule has 212 valence electrons. The Kier molecular flexibility index (Phi) is 8.48. The standard InChI is InChI=1S/C29H27ClN4O6S/c1-3-33-26(40-17(2)21-10-9-18(15-35)11-22(21)30)25(28(36)37)41-27(33)23-12-32-24-13-31-20(14-34(23)24)16-39-29(38)19-7-5-4-6-8-19/h4-14,17,27,35H,3,15-16H2,1-2H3,(H,36,37)/t17-,27?/m1/s1. The van der Waals surface area contributed by atoms with Gasteiger partial charge in [0.25, 0.3) is 0 Å². The van der Waals surface area contributed by atoms with Crippen molar-refractivity contribution < 1.29 is 29.3 Å². The number of carboxylic acid groups (broad SMARTS) is 1. The molecule has 3 heterocycles. The van der Waals surface area contributed by atoms with Crippen LogP contribution in [0.3, 0.4) is 0 Å². The van der Waals surface area contributed by atoms with Gasteiger partial charge in [0.05, 0.1) is 36.0 Å². The highest BCUT2D eigenvalue weighted by atomic mass is 35.5. The predicted molar refractivity (Wildman–Crippen MR) is 153 cm³/mol. The Morgan fingerprint density at radius 3 is 2.61 bits per heavy atom. The number of aliphatic hydroxyl groups excluding tert-OH is 1. The van der Waals surface area contributed by atoms with Gasteiger partial charge in [0, 0.05) is 23.3 Å². The quantitative estimate of drug-likeness (QED) is 0.233. The van der Waals surface area contributed by atoms with E-state index in [0.29, 0.717) is 45.3 Å². The summed E-state index contributed by atoms with van der Waals surface area (Å²) in [5, 5.41) is 19.4. The fraction of sp³-hybridized carbons (Fsp3) is 0.241. The SMILES string of the molecule is CCN1C(O[C@H](C)c2ccc(CO)cc2Cl)=C(C(=O)O)SC1c1cnc2cnc(COC(=O)c3ccccc3)cn12. The van der Waals surface area contributed by atoms with Crippen LogP contribution in [-0.4, -0.2) is 48.0 Å². The molecule has 1 unspecified atom stereocenters. The minimum absolute atomic E-state index is 0.0447. The molecule has 0 saturated carbocycles. The second kappa shape index (κ2) is 12.2. The van der Waals surface area contributed by atoms with Gasteiger partial charge in [-0.2, -0.15) is 0 Å². The lowest BCUT2D eigenvalue weighted by atomic mass is 10.1. The molecule has 1 aliphatic rings. The lowest BCUT2D eigenvalue weighted by Crippen LogP contribution is -2.25. The Balaban J connectivity index is 1.40. The number of aromatic nitrogens is 3. The summed E-state index contributed by atoms with van der Waals surface area (Å²) in [7, 11) is 0. The number of imidazole rings is 1. The van der Waals surface area contributed by atoms with Crippen molar-refractivity contribution in [3.63, 3.8) is 0 Å². The first kappa shape index (κ1) is 28.5. The van der Waals surface area contributed by atoms with Crippen molar-refractivity contribution in [2.75, 3.05) is 6.54 Å². The summed E-state index contributed by atoms with van der Waals surface area (Å²) in [5.74, 6) is -1.34. The van der Waals surface area contributed by atoms with E-state index in [-0.39, 0.29) is 24.0 Å². The zero-order valence-electron chi connectivity index (χ0n) is 22.2. The van der Waals surface area contributed by atoms with Gasteiger partial charge in [0.2, 0.25) is 5.88 Å². The first-order valence-electron chi connectivity index (χ1n) is 12.8. The molecule has 2 aromatic heterocycles. The lowest BCUT2D eigenvalue weighted by molar-refractivity contribution is -0.132. The first-order valence-corrected chi connectivity index (χ1v) is 14.1. The molecule has 4 aromatic rings. The number of aliphatic hydroxyl groups is 1. The topological polar surface area (TPSA) is 126 Å². The number of nitrogens with zero attached hydrogens (tertiary/aromatic N) is 4. The smallest absolute Gasteiger partial charge is 0.347 e. The van der Waals surface area contributed by atoms with Crippen molar-refractivity contribution in [1.82, 2.24) is 19.3 Å². The van der Waals surface area contributed by atoms with Crippen molar-refractivity contribution in [3.8, 4) is 0 Å². The molecule has 0 fully saturated rings. The number of ether oxygens (including phenoxy) is 2. The van der Waals surface area contributed by atoms with E-state index in [2.05, 4.69) is 9.97 Å². The number of carbonyl (C=O) groups excluding carboxylic acids is 1. The van der Waals surface area contributed by atoms with Gasteiger partial charge >= 0.3 is 11.9 Å². The molecular formula is C29H27ClN4O6S. The van der Waals surface area contributed by atoms with E-state index in [1.54, 1.807) is 68.0 Å². The predicted octanol–water partition coefficient (Wildman–Crippen LogP) is 5.33. The summed E-state index contributed by atoms with van der Waals surface area (Å²) in [5.41, 5.74) is 3.55. The molecular weight excluding hydrogens is 568 g/mol. The summed E-state index contributed by atoms with van der Waals surface area (Å²) in [6.45, 7) is 3.97. The van der Waals surface area contributed by atoms with E-state index >= 15 is 0 Å². The molecule has 41 heavy (non-hydrogen) atoms. The normalized spacial score (nSPS) is 15.8. The van der Waals surface area contributed by atoms with E-state index in [9.17, 15) is 19.8 Å². The van der Waals surface area contributed by atoms with Gasteiger partial charge in [-0.05, 0) is 37.6 Å². The summed E-state index contributed by atoms with van der Waals surface area (Å²) < 4.78 is 13.5. The van der Waals surface area contributed by atoms with Crippen molar-refractivity contribution >= 4 is 40.9 Å². The van der Waals surface area contributed by atoms with Crippen molar-refractivity contribution in [2.24, 2.45) is 0 Å². The number of halogens is 1. The molecule has 0 spiro atoms. The maximum absolute atomic E-state index is 12.4. The number of hydrogen-bond acceptors (Lipinski definition) is 9. The van der Waals surface area contributed by atoms with E-state index < -0.39 is 23.4 Å². The molecule has 2 N–H and O–H groups in total. The molecule has 1 aliphatic heterocycles. The van der Waals surface area contributed by atoms with Crippen molar-refractivity contribution in [2.45, 2.75) is 38.5 Å². The maximum atomic E-state index is 12.4. The average molecular weight is 595 g/mol. The van der Waals surface area contributed by atoms with Gasteiger partial charge in [-0.1, -0.05) is 53.7 Å². The van der Waals surface area contributed by atoms with Crippen LogP contribution in [0.4, 0.5) is 0 Å². The third-order valence-electron chi connectivity index (χ3n) is 6.57. The highest BCUT2D eigenvalue weighted by molar-refractivity contribution is 8.04. The largest absolute Gasteiger partial charge is 0.477 e. The van der Waals surface area contributed by atoms with Crippen LogP contribution in [0.25, 0.3) is 5.65 Å². The summed E-state index contributed by atoms with van der Waals surface area (Å²) in [6.07, 6.45) is 4.42. The molecule has 0 aliphatic carbocycles. The van der Waals surface area contributed by atoms with Gasteiger partial charge < -0.3 is 24.6 Å². The molecule has 0 bridgehead atoms. The Morgan fingerprint density at radius 2 is 1.93 bits per heavy atom. The molecule has 0 saturated heterocycles. The summed E-state index contributed by atoms with van der Waals surface area (Å²) >= 11 is 7.59. The zero-order chi connectivity index (χ0) is 29.1. The fourth-order valence-electron chi connectivity index (χ4n) is 4.49. The van der Waals surface area contributed by atoms with Gasteiger partial charge in [0.15, 0.2) is 10.6 Å². The van der Waals surface area contributed by atoms with Crippen LogP contribution in [0.5, 0.6) is 0 Å². The molecule has 2 aromatic carbocycles. The number of rotatable bonds is 10. The van der Waals surface area contributed by atoms with Crippen molar-refractivity contribution in [3.05, 3.63) is 111 Å². The van der Waals surface area contributed by atoms with Crippen LogP contribution in [0, 0.1) is 0 Å². The fourth-order valence-corrected chi connectivity index (χ4v) is 6.10. The van der Waals surface area contributed by atoms with Crippen LogP contribution < -0.4 is 0 Å². The first-order chi connectivity index (χ1) is 19.8. The van der Waals surface area contributed by atoms with Crippen LogP contribution in [0.2, 0.25) is 5.02 Å². The molecule has 5 rings (SSSR count). The maximum Gasteiger partial charge on any atom is 0.347 e. The minimum atomic E-state index is -1.11. The van der Waals surface area contributed by atoms with E-state index in [0.717, 1.165) is 11.8 Å². The number of carboxylic acids is 1. The van der Waals surface area contributed by atoms with Gasteiger partial charge in [0.1, 0.15) is 18.1 Å². The van der Waals surface area contributed by atoms with Gasteiger partial charge in [-0.25, -0.2) is 14.6 Å². The van der Waals surface area contributed by atoms with Crippen molar-refractivity contribution in [1.29, 1.82) is 0 Å². The number of esters is 1. The third kappa shape index (κ3) is 5.88. The summed E-state index contributed by atoms with van der Waals surface area (Å²) in [6, 6.07) is 13.9. The van der Waals surface area contributed by atoms with Crippen LogP contribution >= 0.6 is 23.4 Å². The Hall–Kier alpha value is -4.06. The van der Waals surface area contributed by atoms with E-state index in [1.165, 1.54) is 0 Å². The number of thioether (sulfide) groups is 1. The third-order valence-corrected chi connectivity index (χ3v) is 8.20. The van der Waals surface area contributed by atoms with Gasteiger partial charge in [-0.15, -0.1) is 0 Å². The average Bonchev–Trinajstić information content (AvgIpc) is 3.56. The lowest BCUT2D eigenvalue weighted by Gasteiger charge is -2.29. The Morgan fingerprint density at radius 1 is 1.15 bits per heavy atom. The second-order valence-electron chi connectivity index (χ2n) is 9.20. The zero-order valence-corrected chi connectivity index (χ0v) is 23.8. The molecule has 2 atom stereocenters. The molecule has 0 radical (unpaired) electrons. The van der Waals surface area contributed by atoms with E-state index in [4.69, 9.17) is 21.1 Å². The van der Waals surface area contributed by atoms with E-state index in [1.807, 2.05) is 22.3 Å². The second-order valence-corrected chi connectivity index (χ2v) is 10.7. The monoisotopic (exact) mass is 594 g/mol. The highest BCUT2D eigenvalue weighted by Gasteiger charge is 2.40. The molecule has 0 amide bonds. The number of benzene rings is 2. The minimum Gasteiger partial charge on any atom is -0.477 e. The van der Waals surface area contributed by atoms with Crippen LogP contribution in [0.15, 0.2) is 77.9 Å².